The normalized spacial score (nSPS) is 14.8. The SMILES string of the molecule is CCCC(O)C(O)CCc1ccccc1Cl. The molecule has 0 amide bonds. The molecule has 90 valence electrons. The Morgan fingerprint density at radius 2 is 1.75 bits per heavy atom. The maximum atomic E-state index is 9.71. The van der Waals surface area contributed by atoms with Gasteiger partial charge in [0.2, 0.25) is 0 Å². The predicted molar refractivity (Wildman–Crippen MR) is 66.7 cm³/mol. The second kappa shape index (κ2) is 6.89. The van der Waals surface area contributed by atoms with Gasteiger partial charge in [0.25, 0.3) is 0 Å². The van der Waals surface area contributed by atoms with Gasteiger partial charge in [-0.1, -0.05) is 43.1 Å². The molecular weight excluding hydrogens is 224 g/mol. The Labute approximate surface area is 102 Å². The topological polar surface area (TPSA) is 40.5 Å². The third-order valence-electron chi connectivity index (χ3n) is 2.70. The van der Waals surface area contributed by atoms with Gasteiger partial charge >= 0.3 is 0 Å². The van der Waals surface area contributed by atoms with Crippen molar-refractivity contribution in [2.45, 2.75) is 44.8 Å². The van der Waals surface area contributed by atoms with Crippen LogP contribution in [0.25, 0.3) is 0 Å². The van der Waals surface area contributed by atoms with Crippen LogP contribution in [0.15, 0.2) is 24.3 Å². The molecule has 0 bridgehead atoms. The summed E-state index contributed by atoms with van der Waals surface area (Å²) in [7, 11) is 0. The number of benzene rings is 1. The average Bonchev–Trinajstić information content (AvgIpc) is 2.28. The lowest BCUT2D eigenvalue weighted by molar-refractivity contribution is 0.00981. The Morgan fingerprint density at radius 1 is 1.12 bits per heavy atom. The van der Waals surface area contributed by atoms with Crippen LogP contribution in [-0.2, 0) is 6.42 Å². The molecule has 16 heavy (non-hydrogen) atoms. The number of hydrogen-bond acceptors (Lipinski definition) is 2. The molecule has 0 aromatic heterocycles. The second-order valence-corrected chi connectivity index (χ2v) is 4.46. The fourth-order valence-corrected chi connectivity index (χ4v) is 1.92. The Bertz CT molecular complexity index is 315. The van der Waals surface area contributed by atoms with E-state index in [1.54, 1.807) is 0 Å². The first-order valence-electron chi connectivity index (χ1n) is 5.74. The number of hydrogen-bond donors (Lipinski definition) is 2. The van der Waals surface area contributed by atoms with Gasteiger partial charge in [0.15, 0.2) is 0 Å². The van der Waals surface area contributed by atoms with Gasteiger partial charge in [-0.25, -0.2) is 0 Å². The minimum atomic E-state index is -0.656. The van der Waals surface area contributed by atoms with Crippen molar-refractivity contribution in [1.82, 2.24) is 0 Å². The number of aliphatic hydroxyl groups excluding tert-OH is 2. The molecule has 0 fully saturated rings. The van der Waals surface area contributed by atoms with Gasteiger partial charge in [-0.2, -0.15) is 0 Å². The van der Waals surface area contributed by atoms with E-state index in [4.69, 9.17) is 11.6 Å². The zero-order chi connectivity index (χ0) is 12.0. The molecule has 0 saturated carbocycles. The number of halogens is 1. The summed E-state index contributed by atoms with van der Waals surface area (Å²) in [4.78, 5) is 0. The van der Waals surface area contributed by atoms with Crippen molar-refractivity contribution < 1.29 is 10.2 Å². The van der Waals surface area contributed by atoms with Gasteiger partial charge in [0, 0.05) is 5.02 Å². The zero-order valence-electron chi connectivity index (χ0n) is 9.56. The van der Waals surface area contributed by atoms with Crippen molar-refractivity contribution in [2.24, 2.45) is 0 Å². The van der Waals surface area contributed by atoms with Crippen molar-refractivity contribution >= 4 is 11.6 Å². The minimum absolute atomic E-state index is 0.547. The molecule has 0 aliphatic heterocycles. The fourth-order valence-electron chi connectivity index (χ4n) is 1.69. The summed E-state index contributed by atoms with van der Waals surface area (Å²) in [5, 5.41) is 20.0. The van der Waals surface area contributed by atoms with Gasteiger partial charge in [-0.05, 0) is 30.9 Å². The van der Waals surface area contributed by atoms with E-state index in [2.05, 4.69) is 0 Å². The standard InChI is InChI=1S/C13H19ClO2/c1-2-5-12(15)13(16)9-8-10-6-3-4-7-11(10)14/h3-4,6-7,12-13,15-16H,2,5,8-9H2,1H3. The maximum absolute atomic E-state index is 9.71. The van der Waals surface area contributed by atoms with E-state index in [1.807, 2.05) is 31.2 Å². The number of aliphatic hydroxyl groups is 2. The monoisotopic (exact) mass is 242 g/mol. The van der Waals surface area contributed by atoms with E-state index in [9.17, 15) is 10.2 Å². The number of rotatable bonds is 6. The molecule has 1 rings (SSSR count). The van der Waals surface area contributed by atoms with Gasteiger partial charge in [0.05, 0.1) is 12.2 Å². The van der Waals surface area contributed by atoms with Gasteiger partial charge in [-0.3, -0.25) is 0 Å². The smallest absolute Gasteiger partial charge is 0.0802 e. The minimum Gasteiger partial charge on any atom is -0.390 e. The summed E-state index contributed by atoms with van der Waals surface area (Å²) in [5.41, 5.74) is 1.02. The van der Waals surface area contributed by atoms with E-state index < -0.39 is 12.2 Å². The Kier molecular flexibility index (Phi) is 5.81. The lowest BCUT2D eigenvalue weighted by atomic mass is 10.0. The van der Waals surface area contributed by atoms with Crippen molar-refractivity contribution in [3.05, 3.63) is 34.9 Å². The molecule has 0 aliphatic rings. The highest BCUT2D eigenvalue weighted by Crippen LogP contribution is 2.18. The Balaban J connectivity index is 2.42. The van der Waals surface area contributed by atoms with Crippen LogP contribution in [-0.4, -0.2) is 22.4 Å². The Hall–Kier alpha value is -0.570. The van der Waals surface area contributed by atoms with Crippen molar-refractivity contribution in [3.63, 3.8) is 0 Å². The van der Waals surface area contributed by atoms with Crippen LogP contribution in [0.5, 0.6) is 0 Å². The first-order chi connectivity index (χ1) is 7.65. The van der Waals surface area contributed by atoms with Crippen LogP contribution >= 0.6 is 11.6 Å². The molecule has 2 nitrogen and oxygen atoms in total. The summed E-state index contributed by atoms with van der Waals surface area (Å²) in [6, 6.07) is 7.59. The molecular formula is C13H19ClO2. The Morgan fingerprint density at radius 3 is 2.38 bits per heavy atom. The lowest BCUT2D eigenvalue weighted by Gasteiger charge is -2.17. The van der Waals surface area contributed by atoms with Crippen LogP contribution in [0, 0.1) is 0 Å². The van der Waals surface area contributed by atoms with Crippen LogP contribution in [0.3, 0.4) is 0 Å². The fraction of sp³-hybridized carbons (Fsp3) is 0.538. The van der Waals surface area contributed by atoms with Gasteiger partial charge in [-0.15, -0.1) is 0 Å². The largest absolute Gasteiger partial charge is 0.390 e. The lowest BCUT2D eigenvalue weighted by Crippen LogP contribution is -2.26. The molecule has 1 aromatic rings. The molecule has 0 saturated heterocycles. The predicted octanol–water partition coefficient (Wildman–Crippen LogP) is 2.79. The first-order valence-corrected chi connectivity index (χ1v) is 6.12. The maximum Gasteiger partial charge on any atom is 0.0802 e. The third-order valence-corrected chi connectivity index (χ3v) is 3.06. The van der Waals surface area contributed by atoms with Crippen molar-refractivity contribution in [2.75, 3.05) is 0 Å². The quantitative estimate of drug-likeness (QED) is 0.806. The molecule has 1 aromatic carbocycles. The highest BCUT2D eigenvalue weighted by Gasteiger charge is 2.15. The van der Waals surface area contributed by atoms with Crippen LogP contribution in [0.4, 0.5) is 0 Å². The first kappa shape index (κ1) is 13.5. The molecule has 3 heteroatoms. The van der Waals surface area contributed by atoms with E-state index in [-0.39, 0.29) is 0 Å². The van der Waals surface area contributed by atoms with Crippen LogP contribution < -0.4 is 0 Å². The summed E-state index contributed by atoms with van der Waals surface area (Å²) in [6.07, 6.45) is 1.49. The average molecular weight is 243 g/mol. The molecule has 0 heterocycles. The highest BCUT2D eigenvalue weighted by molar-refractivity contribution is 6.31. The second-order valence-electron chi connectivity index (χ2n) is 4.05. The molecule has 2 N–H and O–H groups in total. The van der Waals surface area contributed by atoms with E-state index in [1.165, 1.54) is 0 Å². The molecule has 0 aliphatic carbocycles. The van der Waals surface area contributed by atoms with Gasteiger partial charge < -0.3 is 10.2 Å². The van der Waals surface area contributed by atoms with Crippen molar-refractivity contribution in [1.29, 1.82) is 0 Å². The van der Waals surface area contributed by atoms with E-state index >= 15 is 0 Å². The molecule has 0 radical (unpaired) electrons. The van der Waals surface area contributed by atoms with Crippen LogP contribution in [0.2, 0.25) is 5.02 Å². The van der Waals surface area contributed by atoms with Gasteiger partial charge in [0.1, 0.15) is 0 Å². The molecule has 0 spiro atoms. The van der Waals surface area contributed by atoms with Crippen LogP contribution in [0.1, 0.15) is 31.7 Å². The molecule has 2 unspecified atom stereocenters. The zero-order valence-corrected chi connectivity index (χ0v) is 10.3. The summed E-state index contributed by atoms with van der Waals surface area (Å²) < 4.78 is 0. The number of aryl methyl sites for hydroxylation is 1. The summed E-state index contributed by atoms with van der Waals surface area (Å²) in [6.45, 7) is 1.99. The van der Waals surface area contributed by atoms with E-state index in [0.29, 0.717) is 19.3 Å². The summed E-state index contributed by atoms with van der Waals surface area (Å²) in [5.74, 6) is 0. The molecule has 2 atom stereocenters. The highest BCUT2D eigenvalue weighted by atomic mass is 35.5. The third kappa shape index (κ3) is 4.12. The van der Waals surface area contributed by atoms with Crippen molar-refractivity contribution in [3.8, 4) is 0 Å². The summed E-state index contributed by atoms with van der Waals surface area (Å²) >= 11 is 6.00. The van der Waals surface area contributed by atoms with E-state index in [0.717, 1.165) is 17.0 Å².